The predicted molar refractivity (Wildman–Crippen MR) is 96.6 cm³/mol. The fourth-order valence-corrected chi connectivity index (χ4v) is 3.65. The minimum absolute atomic E-state index is 0.256. The van der Waals surface area contributed by atoms with E-state index < -0.39 is 12.0 Å². The van der Waals surface area contributed by atoms with E-state index in [2.05, 4.69) is 22.1 Å². The highest BCUT2D eigenvalue weighted by molar-refractivity contribution is 7.07. The van der Waals surface area contributed by atoms with E-state index in [0.717, 1.165) is 11.4 Å². The van der Waals surface area contributed by atoms with E-state index in [0.29, 0.717) is 23.6 Å². The highest BCUT2D eigenvalue weighted by atomic mass is 32.1. The van der Waals surface area contributed by atoms with E-state index in [-0.39, 0.29) is 12.6 Å². The number of quaternary nitrogens is 1. The number of likely N-dealkylation sites (N-methyl/N-ethyl adjacent to an activating group) is 1. The van der Waals surface area contributed by atoms with E-state index in [1.165, 1.54) is 11.8 Å². The maximum atomic E-state index is 12.6. The van der Waals surface area contributed by atoms with Crippen LogP contribution >= 0.6 is 11.3 Å². The largest absolute Gasteiger partial charge is 0.467 e. The first-order valence-electron chi connectivity index (χ1n) is 8.42. The zero-order valence-electron chi connectivity index (χ0n) is 14.7. The number of hydrogen-bond donors (Lipinski definition) is 3. The van der Waals surface area contributed by atoms with Gasteiger partial charge in [0.2, 0.25) is 0 Å². The summed E-state index contributed by atoms with van der Waals surface area (Å²) < 4.78 is 10.7. The summed E-state index contributed by atoms with van der Waals surface area (Å²) in [6.07, 6.45) is 1.51. The third-order valence-electron chi connectivity index (χ3n) is 4.04. The molecule has 3 N–H and O–H groups in total. The summed E-state index contributed by atoms with van der Waals surface area (Å²) in [5, 5.41) is 9.65. The lowest BCUT2D eigenvalue weighted by molar-refractivity contribution is -0.889. The summed E-state index contributed by atoms with van der Waals surface area (Å²) in [5.74, 6) is 0.0376. The highest BCUT2D eigenvalue weighted by Crippen LogP contribution is 2.27. The first-order valence-corrected chi connectivity index (χ1v) is 9.36. The monoisotopic (exact) mass is 376 g/mol. The van der Waals surface area contributed by atoms with Gasteiger partial charge in [0.05, 0.1) is 31.2 Å². The topological polar surface area (TPSA) is 85.0 Å². The van der Waals surface area contributed by atoms with Crippen LogP contribution in [0, 0.1) is 0 Å². The molecule has 0 fully saturated rings. The molecule has 0 aliphatic carbocycles. The number of ether oxygens (including phenoxy) is 1. The van der Waals surface area contributed by atoms with Crippen LogP contribution in [0.15, 0.2) is 50.9 Å². The van der Waals surface area contributed by atoms with Gasteiger partial charge in [-0.15, -0.1) is 0 Å². The number of furan rings is 1. The first-order chi connectivity index (χ1) is 12.6. The second-order valence-electron chi connectivity index (χ2n) is 6.10. The van der Waals surface area contributed by atoms with Crippen molar-refractivity contribution in [3.8, 4) is 0 Å². The Morgan fingerprint density at radius 1 is 1.38 bits per heavy atom. The molecule has 2 atom stereocenters. The molecular weight excluding hydrogens is 354 g/mol. The predicted octanol–water partition coefficient (Wildman–Crippen LogP) is 1.23. The van der Waals surface area contributed by atoms with Gasteiger partial charge in [0.15, 0.2) is 0 Å². The number of carbonyl (C=O) groups excluding carboxylic acids is 2. The van der Waals surface area contributed by atoms with Gasteiger partial charge in [0, 0.05) is 5.56 Å². The van der Waals surface area contributed by atoms with Crippen molar-refractivity contribution in [1.82, 2.24) is 10.6 Å². The van der Waals surface area contributed by atoms with E-state index in [9.17, 15) is 9.59 Å². The lowest BCUT2D eigenvalue weighted by Crippen LogP contribution is -3.08. The van der Waals surface area contributed by atoms with Crippen LogP contribution in [-0.2, 0) is 16.1 Å². The molecule has 7 nitrogen and oxygen atoms in total. The Morgan fingerprint density at radius 3 is 2.88 bits per heavy atom. The molecule has 0 saturated carbocycles. The molecule has 0 bridgehead atoms. The molecule has 2 aromatic heterocycles. The van der Waals surface area contributed by atoms with Gasteiger partial charge in [-0.05, 0) is 35.9 Å². The van der Waals surface area contributed by atoms with Crippen molar-refractivity contribution in [3.63, 3.8) is 0 Å². The van der Waals surface area contributed by atoms with Crippen molar-refractivity contribution in [2.75, 3.05) is 20.2 Å². The van der Waals surface area contributed by atoms with Crippen LogP contribution in [0.4, 0.5) is 4.79 Å². The van der Waals surface area contributed by atoms with Crippen molar-refractivity contribution in [2.45, 2.75) is 19.5 Å². The van der Waals surface area contributed by atoms with Gasteiger partial charge < -0.3 is 24.7 Å². The van der Waals surface area contributed by atoms with Gasteiger partial charge in [-0.25, -0.2) is 9.59 Å². The molecule has 2 amide bonds. The average Bonchev–Trinajstić information content (AvgIpc) is 3.27. The Hall–Kier alpha value is -2.58. The fraction of sp³-hybridized carbons (Fsp3) is 0.333. The van der Waals surface area contributed by atoms with Crippen LogP contribution in [0.25, 0.3) is 0 Å². The summed E-state index contributed by atoms with van der Waals surface area (Å²) in [6.45, 7) is 3.28. The normalized spacial score (nSPS) is 18.2. The molecule has 0 spiro atoms. The number of rotatable bonds is 7. The number of amides is 2. The summed E-state index contributed by atoms with van der Waals surface area (Å²) in [7, 11) is 2.02. The van der Waals surface area contributed by atoms with Crippen LogP contribution in [0.2, 0.25) is 0 Å². The molecule has 1 aliphatic rings. The quantitative estimate of drug-likeness (QED) is 0.635. The SMILES string of the molecule is CCOC(=O)C1=C(C[NH+](C)Cc2ccsc2)NC(=O)N[C@H]1c1ccco1. The number of esters is 1. The van der Waals surface area contributed by atoms with Gasteiger partial charge in [-0.3, -0.25) is 0 Å². The minimum atomic E-state index is -0.665. The lowest BCUT2D eigenvalue weighted by Gasteiger charge is -2.28. The van der Waals surface area contributed by atoms with Crippen LogP contribution < -0.4 is 15.5 Å². The summed E-state index contributed by atoms with van der Waals surface area (Å²) in [6, 6.07) is 4.50. The molecule has 1 unspecified atom stereocenters. The number of nitrogens with one attached hydrogen (secondary N) is 3. The zero-order chi connectivity index (χ0) is 18.5. The van der Waals surface area contributed by atoms with Crippen LogP contribution in [0.1, 0.15) is 24.3 Å². The molecule has 8 heteroatoms. The van der Waals surface area contributed by atoms with Crippen LogP contribution in [0.5, 0.6) is 0 Å². The molecular formula is C18H22N3O4S+. The van der Waals surface area contributed by atoms with Crippen LogP contribution in [-0.4, -0.2) is 32.2 Å². The molecule has 3 rings (SSSR count). The molecule has 0 saturated heterocycles. The van der Waals surface area contributed by atoms with Gasteiger partial charge in [-0.2, -0.15) is 11.3 Å². The van der Waals surface area contributed by atoms with E-state index in [1.807, 2.05) is 12.4 Å². The molecule has 0 aromatic carbocycles. The Balaban J connectivity index is 1.90. The first kappa shape index (κ1) is 18.2. The number of urea groups is 1. The molecule has 1 aliphatic heterocycles. The van der Waals surface area contributed by atoms with E-state index in [1.54, 1.807) is 30.4 Å². The summed E-state index contributed by atoms with van der Waals surface area (Å²) >= 11 is 1.65. The fourth-order valence-electron chi connectivity index (χ4n) is 2.98. The molecule has 0 radical (unpaired) electrons. The van der Waals surface area contributed by atoms with Crippen molar-refractivity contribution in [3.05, 3.63) is 57.8 Å². The van der Waals surface area contributed by atoms with Crippen molar-refractivity contribution in [1.29, 1.82) is 0 Å². The number of carbonyl (C=O) groups is 2. The molecule has 138 valence electrons. The Bertz CT molecular complexity index is 783. The zero-order valence-corrected chi connectivity index (χ0v) is 15.5. The third-order valence-corrected chi connectivity index (χ3v) is 4.77. The van der Waals surface area contributed by atoms with Gasteiger partial charge in [0.25, 0.3) is 0 Å². The Kier molecular flexibility index (Phi) is 5.75. The highest BCUT2D eigenvalue weighted by Gasteiger charge is 2.36. The number of thiophene rings is 1. The maximum absolute atomic E-state index is 12.6. The van der Waals surface area contributed by atoms with Gasteiger partial charge in [-0.1, -0.05) is 0 Å². The second kappa shape index (κ2) is 8.20. The second-order valence-corrected chi connectivity index (χ2v) is 6.88. The van der Waals surface area contributed by atoms with Crippen molar-refractivity contribution >= 4 is 23.3 Å². The Morgan fingerprint density at radius 2 is 2.23 bits per heavy atom. The molecule has 2 aromatic rings. The third kappa shape index (κ3) is 4.14. The minimum Gasteiger partial charge on any atom is -0.467 e. The van der Waals surface area contributed by atoms with Gasteiger partial charge >= 0.3 is 12.0 Å². The van der Waals surface area contributed by atoms with Crippen molar-refractivity contribution in [2.24, 2.45) is 0 Å². The summed E-state index contributed by atoms with van der Waals surface area (Å²) in [5.41, 5.74) is 2.15. The van der Waals surface area contributed by atoms with Gasteiger partial charge in [0.1, 0.15) is 24.9 Å². The molecule has 26 heavy (non-hydrogen) atoms. The Labute approximate surface area is 155 Å². The lowest BCUT2D eigenvalue weighted by atomic mass is 10.00. The average molecular weight is 376 g/mol. The maximum Gasteiger partial charge on any atom is 0.338 e. The number of hydrogen-bond acceptors (Lipinski definition) is 5. The van der Waals surface area contributed by atoms with E-state index >= 15 is 0 Å². The molecule has 3 heterocycles. The smallest absolute Gasteiger partial charge is 0.338 e. The summed E-state index contributed by atoms with van der Waals surface area (Å²) in [4.78, 5) is 25.9. The van der Waals surface area contributed by atoms with Crippen LogP contribution in [0.3, 0.4) is 0 Å². The van der Waals surface area contributed by atoms with Crippen molar-refractivity contribution < 1.29 is 23.6 Å². The standard InChI is InChI=1S/C18H21N3O4S/c1-3-24-17(22)15-13(10-21(2)9-12-6-8-26-11-12)19-18(23)20-16(15)14-5-4-7-25-14/h4-8,11,16H,3,9-10H2,1-2H3,(H2,19,20,23)/p+1/t16-/m0/s1. The van der Waals surface area contributed by atoms with E-state index in [4.69, 9.17) is 9.15 Å².